The van der Waals surface area contributed by atoms with Crippen molar-refractivity contribution in [3.63, 3.8) is 0 Å². The highest BCUT2D eigenvalue weighted by Crippen LogP contribution is 2.56. The quantitative estimate of drug-likeness (QED) is 0.167. The molecule has 9 aromatic carbocycles. The van der Waals surface area contributed by atoms with Crippen LogP contribution in [0.5, 0.6) is 0 Å². The van der Waals surface area contributed by atoms with Crippen LogP contribution in [0.1, 0.15) is 48.6 Å². The highest BCUT2D eigenvalue weighted by Gasteiger charge is 2.43. The number of furan rings is 1. The predicted molar refractivity (Wildman–Crippen MR) is 254 cm³/mol. The maximum absolute atomic E-state index is 7.00. The van der Waals surface area contributed by atoms with Crippen LogP contribution in [-0.2, 0) is 10.8 Å². The van der Waals surface area contributed by atoms with E-state index in [4.69, 9.17) is 4.42 Å². The Hall–Kier alpha value is -7.42. The first kappa shape index (κ1) is 35.5. The molecule has 290 valence electrons. The number of fused-ring (bicyclic) bond motifs is 9. The zero-order valence-electron chi connectivity index (χ0n) is 34.5. The Balaban J connectivity index is 1.19. The van der Waals surface area contributed by atoms with Gasteiger partial charge in [-0.05, 0) is 122 Å². The van der Waals surface area contributed by atoms with E-state index >= 15 is 0 Å². The van der Waals surface area contributed by atoms with Gasteiger partial charge in [-0.1, -0.05) is 172 Å². The summed E-state index contributed by atoms with van der Waals surface area (Å²) >= 11 is 0. The van der Waals surface area contributed by atoms with Crippen LogP contribution >= 0.6 is 0 Å². The van der Waals surface area contributed by atoms with E-state index in [2.05, 4.69) is 232 Å². The third-order valence-corrected chi connectivity index (χ3v) is 13.7. The molecule has 2 aliphatic rings. The topological polar surface area (TPSA) is 16.4 Å². The lowest BCUT2D eigenvalue weighted by molar-refractivity contribution is 0.638. The zero-order valence-corrected chi connectivity index (χ0v) is 34.5. The lowest BCUT2D eigenvalue weighted by atomic mass is 9.73. The van der Waals surface area contributed by atoms with Crippen molar-refractivity contribution in [3.8, 4) is 44.5 Å². The summed E-state index contributed by atoms with van der Waals surface area (Å²) in [5.41, 5.74) is 20.7. The second-order valence-corrected chi connectivity index (χ2v) is 17.4. The van der Waals surface area contributed by atoms with Crippen LogP contribution in [0.15, 0.2) is 211 Å². The Morgan fingerprint density at radius 2 is 0.836 bits per heavy atom. The van der Waals surface area contributed by atoms with Crippen LogP contribution in [0.2, 0.25) is 0 Å². The van der Waals surface area contributed by atoms with Crippen molar-refractivity contribution in [2.75, 3.05) is 4.90 Å². The van der Waals surface area contributed by atoms with Gasteiger partial charge in [0.1, 0.15) is 11.2 Å². The molecule has 61 heavy (non-hydrogen) atoms. The molecule has 2 nitrogen and oxygen atoms in total. The van der Waals surface area contributed by atoms with Gasteiger partial charge in [-0.2, -0.15) is 0 Å². The Bertz CT molecular complexity index is 3250. The fourth-order valence-electron chi connectivity index (χ4n) is 10.7. The van der Waals surface area contributed by atoms with Crippen molar-refractivity contribution in [2.24, 2.45) is 0 Å². The Kier molecular flexibility index (Phi) is 7.74. The molecule has 0 amide bonds. The lowest BCUT2D eigenvalue weighted by Crippen LogP contribution is -2.23. The number of para-hydroxylation sites is 1. The highest BCUT2D eigenvalue weighted by atomic mass is 16.3. The van der Waals surface area contributed by atoms with E-state index in [-0.39, 0.29) is 5.41 Å². The van der Waals surface area contributed by atoms with Crippen LogP contribution < -0.4 is 4.90 Å². The van der Waals surface area contributed by atoms with Gasteiger partial charge in [-0.3, -0.25) is 0 Å². The molecule has 0 radical (unpaired) electrons. The molecule has 1 heterocycles. The minimum atomic E-state index is -0.496. The van der Waals surface area contributed by atoms with E-state index in [1.54, 1.807) is 0 Å². The summed E-state index contributed by atoms with van der Waals surface area (Å²) < 4.78 is 7.00. The summed E-state index contributed by atoms with van der Waals surface area (Å²) in [7, 11) is 0. The van der Waals surface area contributed by atoms with Gasteiger partial charge in [0.25, 0.3) is 0 Å². The molecule has 2 aliphatic carbocycles. The van der Waals surface area contributed by atoms with Crippen molar-refractivity contribution in [3.05, 3.63) is 234 Å². The molecule has 10 aromatic rings. The zero-order chi connectivity index (χ0) is 40.9. The second-order valence-electron chi connectivity index (χ2n) is 17.4. The smallest absolute Gasteiger partial charge is 0.140 e. The first-order valence-electron chi connectivity index (χ1n) is 21.3. The van der Waals surface area contributed by atoms with Crippen LogP contribution in [0.4, 0.5) is 17.1 Å². The molecule has 0 bridgehead atoms. The van der Waals surface area contributed by atoms with Gasteiger partial charge in [0.15, 0.2) is 0 Å². The average molecular weight is 782 g/mol. The molecule has 2 heteroatoms. The lowest BCUT2D eigenvalue weighted by Gasteiger charge is -2.32. The Morgan fingerprint density at radius 1 is 0.344 bits per heavy atom. The summed E-state index contributed by atoms with van der Waals surface area (Å²) in [4.78, 5) is 2.50. The van der Waals surface area contributed by atoms with Gasteiger partial charge in [0.05, 0.1) is 0 Å². The molecule has 0 saturated carbocycles. The first-order valence-corrected chi connectivity index (χ1v) is 21.3. The molecular weight excluding hydrogens is 739 g/mol. The van der Waals surface area contributed by atoms with E-state index in [1.165, 1.54) is 55.6 Å². The van der Waals surface area contributed by atoms with Crippen LogP contribution in [-0.4, -0.2) is 0 Å². The second kappa shape index (κ2) is 13.3. The normalized spacial score (nSPS) is 14.1. The SMILES string of the molecule is CC1(C)c2ccccc2-c2ccc(N(c3cc(-c4ccccc4)cc(-c4ccccc4)c3)c3cc(C4(C)c5ccccc5-c5ccccc54)c4oc5ccccc5c4c3)cc21. The van der Waals surface area contributed by atoms with Gasteiger partial charge in [0.2, 0.25) is 0 Å². The summed E-state index contributed by atoms with van der Waals surface area (Å²) in [5, 5.41) is 2.21. The third kappa shape index (κ3) is 5.28. The maximum Gasteiger partial charge on any atom is 0.140 e. The van der Waals surface area contributed by atoms with E-state index in [0.29, 0.717) is 0 Å². The molecule has 1 aromatic heterocycles. The van der Waals surface area contributed by atoms with Crippen LogP contribution in [0.25, 0.3) is 66.4 Å². The van der Waals surface area contributed by atoms with Crippen molar-refractivity contribution >= 4 is 39.0 Å². The molecule has 0 spiro atoms. The fraction of sp³-hybridized carbons (Fsp3) is 0.0847. The summed E-state index contributed by atoms with van der Waals surface area (Å²) in [6.07, 6.45) is 0. The molecular formula is C59H43NO. The number of rotatable bonds is 6. The summed E-state index contributed by atoms with van der Waals surface area (Å²) in [6.45, 7) is 7.13. The Morgan fingerprint density at radius 3 is 1.48 bits per heavy atom. The first-order chi connectivity index (χ1) is 29.9. The van der Waals surface area contributed by atoms with Gasteiger partial charge < -0.3 is 9.32 Å². The van der Waals surface area contributed by atoms with E-state index < -0.39 is 5.41 Å². The summed E-state index contributed by atoms with van der Waals surface area (Å²) in [5.74, 6) is 0. The third-order valence-electron chi connectivity index (χ3n) is 13.7. The monoisotopic (exact) mass is 781 g/mol. The Labute approximate surface area is 357 Å². The van der Waals surface area contributed by atoms with Crippen molar-refractivity contribution in [2.45, 2.75) is 31.6 Å². The van der Waals surface area contributed by atoms with E-state index in [0.717, 1.165) is 55.7 Å². The molecule has 0 fully saturated rings. The molecule has 0 saturated heterocycles. The standard InChI is InChI=1S/C59H43NO/c1-58(2)51-26-14-10-22-45(51)48-31-30-42(36-54(48)58)60(43-33-40(38-18-6-4-7-19-38)32-41(34-43)39-20-8-5-9-21-39)44-35-50-49-25-13-17-29-56(49)61-57(50)55(37-44)59(3)52-27-15-11-23-46(52)47-24-12-16-28-53(47)59/h4-37H,1-3H3. The largest absolute Gasteiger partial charge is 0.456 e. The highest BCUT2D eigenvalue weighted by molar-refractivity contribution is 6.09. The number of nitrogens with zero attached hydrogens (tertiary/aromatic N) is 1. The van der Waals surface area contributed by atoms with Crippen molar-refractivity contribution in [1.29, 1.82) is 0 Å². The summed E-state index contributed by atoms with van der Waals surface area (Å²) in [6, 6.07) is 75.8. The molecule has 0 atom stereocenters. The van der Waals surface area contributed by atoms with E-state index in [9.17, 15) is 0 Å². The van der Waals surface area contributed by atoms with Crippen molar-refractivity contribution in [1.82, 2.24) is 0 Å². The van der Waals surface area contributed by atoms with Crippen LogP contribution in [0.3, 0.4) is 0 Å². The van der Waals surface area contributed by atoms with Gasteiger partial charge in [-0.25, -0.2) is 0 Å². The number of hydrogen-bond acceptors (Lipinski definition) is 2. The van der Waals surface area contributed by atoms with Crippen LogP contribution in [0, 0.1) is 0 Å². The minimum absolute atomic E-state index is 0.171. The number of hydrogen-bond donors (Lipinski definition) is 0. The molecule has 0 unspecified atom stereocenters. The van der Waals surface area contributed by atoms with Gasteiger partial charge >= 0.3 is 0 Å². The maximum atomic E-state index is 7.00. The van der Waals surface area contributed by atoms with E-state index in [1.807, 2.05) is 0 Å². The van der Waals surface area contributed by atoms with Gasteiger partial charge in [-0.15, -0.1) is 0 Å². The molecule has 0 aliphatic heterocycles. The number of benzene rings is 9. The molecule has 12 rings (SSSR count). The fourth-order valence-corrected chi connectivity index (χ4v) is 10.7. The average Bonchev–Trinajstić information content (AvgIpc) is 3.90. The minimum Gasteiger partial charge on any atom is -0.456 e. The van der Waals surface area contributed by atoms with Gasteiger partial charge in [0, 0.05) is 44.2 Å². The van der Waals surface area contributed by atoms with Crippen molar-refractivity contribution < 1.29 is 4.42 Å². The molecule has 0 N–H and O–H groups in total. The predicted octanol–water partition coefficient (Wildman–Crippen LogP) is 16.0. The number of anilines is 3.